The van der Waals surface area contributed by atoms with Crippen LogP contribution in [-0.4, -0.2) is 8.42 Å². The molecule has 0 bridgehead atoms. The predicted octanol–water partition coefficient (Wildman–Crippen LogP) is 3.42. The van der Waals surface area contributed by atoms with Crippen LogP contribution in [0.1, 0.15) is 11.1 Å². The van der Waals surface area contributed by atoms with E-state index in [0.717, 1.165) is 22.5 Å². The van der Waals surface area contributed by atoms with Gasteiger partial charge in [-0.15, -0.1) is 11.3 Å². The SMILES string of the molecule is Cc1c(N)cccc1CNS(=O)(=O)c1cc(Cl)sc1Cl. The number of hydrogen-bond donors (Lipinski definition) is 2. The lowest BCUT2D eigenvalue weighted by molar-refractivity contribution is 0.581. The van der Waals surface area contributed by atoms with Gasteiger partial charge in [0.2, 0.25) is 10.0 Å². The average Bonchev–Trinajstić information content (AvgIpc) is 2.71. The summed E-state index contributed by atoms with van der Waals surface area (Å²) in [6, 6.07) is 6.70. The lowest BCUT2D eigenvalue weighted by Gasteiger charge is -2.10. The van der Waals surface area contributed by atoms with E-state index in [1.54, 1.807) is 12.1 Å². The molecule has 0 saturated heterocycles. The number of hydrogen-bond acceptors (Lipinski definition) is 4. The molecule has 0 aliphatic carbocycles. The highest BCUT2D eigenvalue weighted by Gasteiger charge is 2.20. The van der Waals surface area contributed by atoms with Crippen molar-refractivity contribution in [2.45, 2.75) is 18.4 Å². The van der Waals surface area contributed by atoms with Crippen molar-refractivity contribution in [1.82, 2.24) is 4.72 Å². The number of anilines is 1. The van der Waals surface area contributed by atoms with E-state index in [0.29, 0.717) is 10.0 Å². The minimum absolute atomic E-state index is 0.00396. The number of nitrogen functional groups attached to an aromatic ring is 1. The lowest BCUT2D eigenvalue weighted by Crippen LogP contribution is -2.23. The fourth-order valence-corrected chi connectivity index (χ4v) is 4.81. The number of sulfonamides is 1. The normalized spacial score (nSPS) is 11.8. The Kier molecular flexibility index (Phi) is 4.61. The van der Waals surface area contributed by atoms with Crippen LogP contribution in [0.5, 0.6) is 0 Å². The monoisotopic (exact) mass is 350 g/mol. The zero-order valence-corrected chi connectivity index (χ0v) is 13.6. The molecular formula is C12H12Cl2N2O2S2. The topological polar surface area (TPSA) is 72.2 Å². The molecule has 8 heteroatoms. The Hall–Kier alpha value is -0.790. The molecule has 0 aliphatic rings. The second kappa shape index (κ2) is 5.91. The zero-order chi connectivity index (χ0) is 14.9. The molecule has 0 radical (unpaired) electrons. The Morgan fingerprint density at radius 3 is 2.65 bits per heavy atom. The van der Waals surface area contributed by atoms with Crippen LogP contribution in [0.15, 0.2) is 29.2 Å². The van der Waals surface area contributed by atoms with Crippen molar-refractivity contribution < 1.29 is 8.42 Å². The van der Waals surface area contributed by atoms with Gasteiger partial charge in [-0.25, -0.2) is 13.1 Å². The van der Waals surface area contributed by atoms with Crippen LogP contribution in [0.3, 0.4) is 0 Å². The highest BCUT2D eigenvalue weighted by molar-refractivity contribution is 7.89. The third-order valence-electron chi connectivity index (χ3n) is 2.86. The molecule has 0 atom stereocenters. The number of rotatable bonds is 4. The summed E-state index contributed by atoms with van der Waals surface area (Å²) in [7, 11) is -3.69. The molecule has 0 spiro atoms. The van der Waals surface area contributed by atoms with Gasteiger partial charge in [0, 0.05) is 12.2 Å². The maximum atomic E-state index is 12.2. The van der Waals surface area contributed by atoms with Crippen molar-refractivity contribution in [2.24, 2.45) is 0 Å². The second-order valence-electron chi connectivity index (χ2n) is 4.14. The maximum Gasteiger partial charge on any atom is 0.243 e. The van der Waals surface area contributed by atoms with Crippen LogP contribution in [0.4, 0.5) is 5.69 Å². The summed E-state index contributed by atoms with van der Waals surface area (Å²) in [5.74, 6) is 0. The summed E-state index contributed by atoms with van der Waals surface area (Å²) < 4.78 is 27.3. The Labute approximate surface area is 131 Å². The first-order valence-corrected chi connectivity index (χ1v) is 8.65. The summed E-state index contributed by atoms with van der Waals surface area (Å²) in [6.07, 6.45) is 0. The molecule has 0 amide bonds. The molecule has 2 aromatic rings. The third-order valence-corrected chi connectivity index (χ3v) is 6.01. The first-order chi connectivity index (χ1) is 9.31. The van der Waals surface area contributed by atoms with Crippen LogP contribution in [0, 0.1) is 6.92 Å². The maximum absolute atomic E-state index is 12.2. The molecule has 4 nitrogen and oxygen atoms in total. The van der Waals surface area contributed by atoms with E-state index in [-0.39, 0.29) is 15.8 Å². The van der Waals surface area contributed by atoms with Crippen molar-refractivity contribution in [3.05, 3.63) is 44.1 Å². The van der Waals surface area contributed by atoms with Gasteiger partial charge in [0.1, 0.15) is 9.23 Å². The minimum Gasteiger partial charge on any atom is -0.399 e. The summed E-state index contributed by atoms with van der Waals surface area (Å²) in [5, 5.41) is 0. The molecular weight excluding hydrogens is 339 g/mol. The van der Waals surface area contributed by atoms with Crippen molar-refractivity contribution in [1.29, 1.82) is 0 Å². The number of nitrogens with one attached hydrogen (secondary N) is 1. The molecule has 1 aromatic heterocycles. The largest absolute Gasteiger partial charge is 0.399 e. The van der Waals surface area contributed by atoms with Gasteiger partial charge in [-0.1, -0.05) is 35.3 Å². The second-order valence-corrected chi connectivity index (χ2v) is 8.17. The van der Waals surface area contributed by atoms with Gasteiger partial charge in [-0.05, 0) is 30.2 Å². The number of nitrogens with two attached hydrogens (primary N) is 1. The van der Waals surface area contributed by atoms with Crippen molar-refractivity contribution in [3.8, 4) is 0 Å². The zero-order valence-electron chi connectivity index (χ0n) is 10.5. The minimum atomic E-state index is -3.69. The van der Waals surface area contributed by atoms with Gasteiger partial charge in [0.25, 0.3) is 0 Å². The first-order valence-electron chi connectivity index (χ1n) is 5.59. The van der Waals surface area contributed by atoms with Crippen LogP contribution in [-0.2, 0) is 16.6 Å². The first kappa shape index (κ1) is 15.6. The van der Waals surface area contributed by atoms with E-state index in [9.17, 15) is 8.42 Å². The molecule has 0 aliphatic heterocycles. The predicted molar refractivity (Wildman–Crippen MR) is 84.0 cm³/mol. The van der Waals surface area contributed by atoms with Gasteiger partial charge in [-0.2, -0.15) is 0 Å². The van der Waals surface area contributed by atoms with Gasteiger partial charge >= 0.3 is 0 Å². The Balaban J connectivity index is 2.22. The molecule has 108 valence electrons. The Morgan fingerprint density at radius 2 is 2.05 bits per heavy atom. The molecule has 20 heavy (non-hydrogen) atoms. The van der Waals surface area contributed by atoms with Crippen molar-refractivity contribution in [3.63, 3.8) is 0 Å². The van der Waals surface area contributed by atoms with E-state index in [2.05, 4.69) is 4.72 Å². The number of thiophene rings is 1. The Bertz CT molecular complexity index is 742. The van der Waals surface area contributed by atoms with Crippen molar-refractivity contribution >= 4 is 50.2 Å². The summed E-state index contributed by atoms with van der Waals surface area (Å²) in [4.78, 5) is -0.00396. The lowest BCUT2D eigenvalue weighted by atomic mass is 10.1. The van der Waals surface area contributed by atoms with Gasteiger partial charge < -0.3 is 5.73 Å². The van der Waals surface area contributed by atoms with Crippen LogP contribution < -0.4 is 10.5 Å². The molecule has 0 fully saturated rings. The van der Waals surface area contributed by atoms with Crippen LogP contribution in [0.2, 0.25) is 8.67 Å². The third kappa shape index (κ3) is 3.27. The van der Waals surface area contributed by atoms with Gasteiger partial charge in [0.15, 0.2) is 0 Å². The molecule has 1 heterocycles. The van der Waals surface area contributed by atoms with Crippen LogP contribution in [0.25, 0.3) is 0 Å². The Morgan fingerprint density at radius 1 is 1.35 bits per heavy atom. The summed E-state index contributed by atoms with van der Waals surface area (Å²) >= 11 is 12.6. The molecule has 0 saturated carbocycles. The average molecular weight is 351 g/mol. The fourth-order valence-electron chi connectivity index (χ4n) is 1.65. The van der Waals surface area contributed by atoms with E-state index >= 15 is 0 Å². The standard InChI is InChI=1S/C12H12Cl2N2O2S2/c1-7-8(3-2-4-9(7)15)6-16-20(17,18)10-5-11(13)19-12(10)14/h2-5,16H,6,15H2,1H3. The summed E-state index contributed by atoms with van der Waals surface area (Å²) in [5.41, 5.74) is 8.07. The molecule has 3 N–H and O–H groups in total. The molecule has 2 rings (SSSR count). The smallest absolute Gasteiger partial charge is 0.243 e. The van der Waals surface area contributed by atoms with Crippen LogP contribution >= 0.6 is 34.5 Å². The van der Waals surface area contributed by atoms with E-state index < -0.39 is 10.0 Å². The molecule has 1 aromatic carbocycles. The van der Waals surface area contributed by atoms with E-state index in [4.69, 9.17) is 28.9 Å². The van der Waals surface area contributed by atoms with E-state index in [1.807, 2.05) is 13.0 Å². The van der Waals surface area contributed by atoms with E-state index in [1.165, 1.54) is 6.07 Å². The van der Waals surface area contributed by atoms with Gasteiger partial charge in [-0.3, -0.25) is 0 Å². The highest BCUT2D eigenvalue weighted by atomic mass is 35.5. The highest BCUT2D eigenvalue weighted by Crippen LogP contribution is 2.34. The summed E-state index contributed by atoms with van der Waals surface area (Å²) in [6.45, 7) is 1.98. The number of halogens is 2. The quantitative estimate of drug-likeness (QED) is 0.829. The van der Waals surface area contributed by atoms with Crippen molar-refractivity contribution in [2.75, 3.05) is 5.73 Å². The molecule has 0 unspecified atom stereocenters. The fraction of sp³-hybridized carbons (Fsp3) is 0.167. The number of benzene rings is 1. The van der Waals surface area contributed by atoms with Gasteiger partial charge in [0.05, 0.1) is 4.34 Å².